The molecule has 30 valence electrons. The van der Waals surface area contributed by atoms with E-state index < -0.39 is 0 Å². The standard InChI is InChI=1S/C2H5B2NO/c1-5-3-4-6-2/h1H2,2H3. The molecule has 0 amide bonds. The summed E-state index contributed by atoms with van der Waals surface area (Å²) in [4.78, 5) is 3.37. The third kappa shape index (κ3) is 3.60. The molecule has 6 heavy (non-hydrogen) atoms. The first-order chi connectivity index (χ1) is 2.91. The fraction of sp³-hybridized carbons (Fsp3) is 0.500. The van der Waals surface area contributed by atoms with Gasteiger partial charge in [-0.05, 0) is 0 Å². The van der Waals surface area contributed by atoms with Crippen molar-refractivity contribution in [2.75, 3.05) is 7.11 Å². The second-order valence-corrected chi connectivity index (χ2v) is 0.703. The van der Waals surface area contributed by atoms with Gasteiger partial charge in [0.15, 0.2) is 0 Å². The van der Waals surface area contributed by atoms with Crippen LogP contribution in [0.2, 0.25) is 0 Å². The van der Waals surface area contributed by atoms with Crippen LogP contribution in [0.15, 0.2) is 4.90 Å². The van der Waals surface area contributed by atoms with Crippen LogP contribution >= 0.6 is 0 Å². The van der Waals surface area contributed by atoms with E-state index in [0.717, 1.165) is 0 Å². The average Bonchev–Trinajstić information content (AvgIpc) is 1.61. The molecule has 0 bridgehead atoms. The van der Waals surface area contributed by atoms with E-state index in [9.17, 15) is 0 Å². The van der Waals surface area contributed by atoms with Crippen molar-refractivity contribution in [3.63, 3.8) is 0 Å². The monoisotopic (exact) mass is 81.1 g/mol. The van der Waals surface area contributed by atoms with Crippen molar-refractivity contribution in [2.45, 2.75) is 0 Å². The Hall–Kier alpha value is -0.400. The van der Waals surface area contributed by atoms with Crippen LogP contribution in [0.3, 0.4) is 0 Å². The fourth-order valence-electron chi connectivity index (χ4n) is 0.104. The first-order valence-electron chi connectivity index (χ1n) is 1.55. The van der Waals surface area contributed by atoms with Crippen molar-refractivity contribution >= 4 is 20.7 Å². The molecule has 0 aliphatic heterocycles. The van der Waals surface area contributed by atoms with Gasteiger partial charge in [-0.2, -0.15) is 0 Å². The predicted octanol–water partition coefficient (Wildman–Crippen LogP) is -0.513. The Labute approximate surface area is 38.4 Å². The molecule has 0 radical (unpaired) electrons. The second-order valence-electron chi connectivity index (χ2n) is 0.703. The average molecular weight is 80.7 g/mol. The minimum absolute atomic E-state index is 1.45. The van der Waals surface area contributed by atoms with E-state index in [1.807, 2.05) is 0 Å². The quantitative estimate of drug-likeness (QED) is 0.323. The summed E-state index contributed by atoms with van der Waals surface area (Å²) < 4.78 is 4.47. The zero-order valence-electron chi connectivity index (χ0n) is 3.72. The molecule has 0 rings (SSSR count). The maximum atomic E-state index is 4.47. The normalized spacial score (nSPS) is 6.17. The van der Waals surface area contributed by atoms with E-state index in [2.05, 4.69) is 16.3 Å². The van der Waals surface area contributed by atoms with Crippen molar-refractivity contribution in [3.8, 4) is 0 Å². The van der Waals surface area contributed by atoms with Crippen molar-refractivity contribution in [1.82, 2.24) is 0 Å². The van der Waals surface area contributed by atoms with E-state index >= 15 is 0 Å². The van der Waals surface area contributed by atoms with Gasteiger partial charge in [0.05, 0.1) is 0 Å². The molecular formula is C2H5B2NO. The summed E-state index contributed by atoms with van der Waals surface area (Å²) in [5, 5.41) is 0. The molecule has 0 fully saturated rings. The van der Waals surface area contributed by atoms with E-state index in [0.29, 0.717) is 0 Å². The zero-order chi connectivity index (χ0) is 4.83. The molecule has 0 aromatic rings. The molecule has 0 saturated heterocycles. The maximum absolute atomic E-state index is 4.47. The Balaban J connectivity index is 2.94. The number of hydrogen-bond acceptors (Lipinski definition) is 2. The molecular weight excluding hydrogens is 75.7 g/mol. The molecule has 0 N–H and O–H groups in total. The Morgan fingerprint density at radius 3 is 2.67 bits per heavy atom. The molecule has 4 heteroatoms. The summed E-state index contributed by atoms with van der Waals surface area (Å²) in [7, 11) is 3.01. The fourth-order valence-corrected chi connectivity index (χ4v) is 0.104. The Morgan fingerprint density at radius 1 is 1.83 bits per heavy atom. The minimum atomic E-state index is 1.45. The third-order valence-corrected chi connectivity index (χ3v) is 0.302. The van der Waals surface area contributed by atoms with Crippen LogP contribution in [-0.4, -0.2) is 27.8 Å². The van der Waals surface area contributed by atoms with Gasteiger partial charge in [0, 0.05) is 0 Å². The van der Waals surface area contributed by atoms with Crippen molar-refractivity contribution in [1.29, 1.82) is 0 Å². The van der Waals surface area contributed by atoms with Crippen LogP contribution in [0, 0.1) is 0 Å². The van der Waals surface area contributed by atoms with Crippen LogP contribution in [0.1, 0.15) is 0 Å². The van der Waals surface area contributed by atoms with E-state index in [4.69, 9.17) is 0 Å². The molecule has 0 saturated carbocycles. The number of hydrogen-bond donors (Lipinski definition) is 0. The van der Waals surface area contributed by atoms with Crippen LogP contribution < -0.4 is 0 Å². The Kier molecular flexibility index (Phi) is 4.29. The van der Waals surface area contributed by atoms with Crippen LogP contribution in [0.4, 0.5) is 0 Å². The number of rotatable bonds is 2. The summed E-state index contributed by atoms with van der Waals surface area (Å²) >= 11 is 0. The van der Waals surface area contributed by atoms with E-state index in [1.54, 1.807) is 7.11 Å². The summed E-state index contributed by atoms with van der Waals surface area (Å²) in [6, 6.07) is 0. The summed E-state index contributed by atoms with van der Waals surface area (Å²) in [5.74, 6) is 0. The molecule has 0 heterocycles. The molecule has 0 aliphatic carbocycles. The molecule has 0 aliphatic rings. The molecule has 0 spiro atoms. The van der Waals surface area contributed by atoms with Crippen LogP contribution in [-0.2, 0) is 4.65 Å². The van der Waals surface area contributed by atoms with Gasteiger partial charge in [-0.1, -0.05) is 0 Å². The van der Waals surface area contributed by atoms with Gasteiger partial charge in [0.1, 0.15) is 0 Å². The summed E-state index contributed by atoms with van der Waals surface area (Å²) in [5.41, 5.74) is 0. The van der Waals surface area contributed by atoms with Crippen molar-refractivity contribution in [2.24, 2.45) is 4.90 Å². The van der Waals surface area contributed by atoms with Gasteiger partial charge in [-0.15, -0.1) is 0 Å². The second kappa shape index (κ2) is 4.60. The molecule has 0 unspecified atom stereocenters. The van der Waals surface area contributed by atoms with Gasteiger partial charge >= 0.3 is 37.3 Å². The van der Waals surface area contributed by atoms with Gasteiger partial charge < -0.3 is 0 Å². The first-order valence-corrected chi connectivity index (χ1v) is 1.55. The van der Waals surface area contributed by atoms with Gasteiger partial charge in [0.25, 0.3) is 0 Å². The van der Waals surface area contributed by atoms with E-state index in [1.165, 1.54) is 13.9 Å². The van der Waals surface area contributed by atoms with Gasteiger partial charge in [-0.3, -0.25) is 0 Å². The summed E-state index contributed by atoms with van der Waals surface area (Å²) in [6.45, 7) is 4.65. The van der Waals surface area contributed by atoms with Gasteiger partial charge in [-0.25, -0.2) is 0 Å². The van der Waals surface area contributed by atoms with Crippen molar-refractivity contribution in [3.05, 3.63) is 0 Å². The Morgan fingerprint density at radius 2 is 2.50 bits per heavy atom. The first kappa shape index (κ1) is 5.60. The number of nitrogens with zero attached hydrogens (tertiary/aromatic N) is 1. The molecule has 2 nitrogen and oxygen atoms in total. The van der Waals surface area contributed by atoms with Crippen LogP contribution in [0.25, 0.3) is 0 Å². The molecule has 0 aromatic heterocycles. The summed E-state index contributed by atoms with van der Waals surface area (Å²) in [6.07, 6.45) is 0. The zero-order valence-corrected chi connectivity index (χ0v) is 3.72. The SMILES string of the molecule is C=NB=BOC. The molecule has 0 aromatic carbocycles. The molecule has 0 atom stereocenters. The van der Waals surface area contributed by atoms with Crippen molar-refractivity contribution < 1.29 is 4.65 Å². The van der Waals surface area contributed by atoms with Gasteiger partial charge in [0.2, 0.25) is 0 Å². The topological polar surface area (TPSA) is 21.6 Å². The van der Waals surface area contributed by atoms with Crippen LogP contribution in [0.5, 0.6) is 0 Å². The van der Waals surface area contributed by atoms with E-state index in [-0.39, 0.29) is 0 Å². The Bertz CT molecular complexity index is 62.6. The third-order valence-electron chi connectivity index (χ3n) is 0.302. The predicted molar refractivity (Wildman–Crippen MR) is 28.1 cm³/mol.